The number of aromatic nitrogens is 1. The lowest BCUT2D eigenvalue weighted by Crippen LogP contribution is -2.53. The van der Waals surface area contributed by atoms with Crippen molar-refractivity contribution in [2.45, 2.75) is 32.0 Å². The number of rotatable bonds is 7. The van der Waals surface area contributed by atoms with E-state index < -0.39 is 23.7 Å². The molecule has 0 fully saturated rings. The Bertz CT molecular complexity index is 839. The Morgan fingerprint density at radius 3 is 2.32 bits per heavy atom. The van der Waals surface area contributed by atoms with Crippen LogP contribution in [0.2, 0.25) is 0 Å². The van der Waals surface area contributed by atoms with E-state index in [0.29, 0.717) is 11.4 Å². The number of carbonyl (C=O) groups excluding carboxylic acids is 2. The van der Waals surface area contributed by atoms with Crippen molar-refractivity contribution in [2.24, 2.45) is 0 Å². The number of methoxy groups -OCH3 is 1. The summed E-state index contributed by atoms with van der Waals surface area (Å²) in [4.78, 5) is 28.9. The minimum absolute atomic E-state index is 0.0553. The zero-order valence-corrected chi connectivity index (χ0v) is 16.2. The van der Waals surface area contributed by atoms with Crippen LogP contribution in [0.3, 0.4) is 0 Å². The molecule has 1 N–H and O–H groups in total. The lowest BCUT2D eigenvalue weighted by molar-refractivity contribution is -0.263. The van der Waals surface area contributed by atoms with Gasteiger partial charge >= 0.3 is 12.1 Å². The Kier molecular flexibility index (Phi) is 6.78. The SMILES string of the molecule is CCOC(=O)c1nc(CC)sc1NC(=O)C(OC)(c1ccccc1)C(F)(F)F. The number of carbonyl (C=O) groups is 2. The molecule has 10 heteroatoms. The number of anilines is 1. The Morgan fingerprint density at radius 2 is 1.82 bits per heavy atom. The van der Waals surface area contributed by atoms with Crippen LogP contribution in [-0.4, -0.2) is 36.8 Å². The number of alkyl halides is 3. The normalized spacial score (nSPS) is 13.6. The van der Waals surface area contributed by atoms with Gasteiger partial charge in [0, 0.05) is 12.7 Å². The maximum absolute atomic E-state index is 14.0. The standard InChI is InChI=1S/C18H19F3N2O4S/c1-4-12-22-13(15(24)27-5-2)14(28-12)23-16(25)17(26-3,18(19,20)21)11-9-7-6-8-10-11/h6-10H,4-5H2,1-3H3,(H,23,25). The van der Waals surface area contributed by atoms with E-state index in [1.807, 2.05) is 0 Å². The molecule has 0 saturated carbocycles. The van der Waals surface area contributed by atoms with Gasteiger partial charge in [0.05, 0.1) is 11.6 Å². The Labute approximate surface area is 163 Å². The molecule has 0 aliphatic rings. The largest absolute Gasteiger partial charge is 0.461 e. The van der Waals surface area contributed by atoms with Crippen molar-refractivity contribution in [1.29, 1.82) is 0 Å². The molecule has 1 atom stereocenters. The molecule has 0 saturated heterocycles. The van der Waals surface area contributed by atoms with E-state index in [0.717, 1.165) is 30.6 Å². The molecule has 1 heterocycles. The maximum Gasteiger partial charge on any atom is 0.430 e. The number of nitrogens with zero attached hydrogens (tertiary/aromatic N) is 1. The van der Waals surface area contributed by atoms with Crippen LogP contribution in [0, 0.1) is 0 Å². The molecule has 2 rings (SSSR count). The van der Waals surface area contributed by atoms with Gasteiger partial charge in [-0.15, -0.1) is 11.3 Å². The molecule has 0 aliphatic heterocycles. The van der Waals surface area contributed by atoms with Crippen molar-refractivity contribution < 1.29 is 32.2 Å². The molecular formula is C18H19F3N2O4S. The zero-order valence-electron chi connectivity index (χ0n) is 15.4. The highest BCUT2D eigenvalue weighted by Crippen LogP contribution is 2.43. The molecule has 1 amide bonds. The lowest BCUT2D eigenvalue weighted by Gasteiger charge is -2.33. The smallest absolute Gasteiger partial charge is 0.430 e. The molecule has 152 valence electrons. The van der Waals surface area contributed by atoms with Gasteiger partial charge in [0.25, 0.3) is 11.5 Å². The summed E-state index contributed by atoms with van der Waals surface area (Å²) in [6.07, 6.45) is -4.63. The second-order valence-corrected chi connectivity index (χ2v) is 6.65. The number of esters is 1. The van der Waals surface area contributed by atoms with Crippen LogP contribution in [-0.2, 0) is 26.3 Å². The van der Waals surface area contributed by atoms with Gasteiger partial charge in [0.2, 0.25) is 0 Å². The molecule has 0 aliphatic carbocycles. The number of benzene rings is 1. The van der Waals surface area contributed by atoms with Crippen molar-refractivity contribution in [3.63, 3.8) is 0 Å². The highest BCUT2D eigenvalue weighted by molar-refractivity contribution is 7.16. The van der Waals surface area contributed by atoms with E-state index in [1.165, 1.54) is 18.2 Å². The van der Waals surface area contributed by atoms with Crippen LogP contribution in [0.25, 0.3) is 0 Å². The van der Waals surface area contributed by atoms with E-state index in [-0.39, 0.29) is 22.9 Å². The molecule has 0 bridgehead atoms. The minimum atomic E-state index is -5.06. The number of thiazole rings is 1. The summed E-state index contributed by atoms with van der Waals surface area (Å²) in [5.41, 5.74) is -3.88. The van der Waals surface area contributed by atoms with Crippen LogP contribution in [0.1, 0.15) is 34.9 Å². The summed E-state index contributed by atoms with van der Waals surface area (Å²) in [7, 11) is 0.802. The molecule has 28 heavy (non-hydrogen) atoms. The quantitative estimate of drug-likeness (QED) is 0.692. The van der Waals surface area contributed by atoms with E-state index in [2.05, 4.69) is 10.3 Å². The van der Waals surface area contributed by atoms with Crippen LogP contribution in [0.4, 0.5) is 18.2 Å². The van der Waals surface area contributed by atoms with Gasteiger partial charge in [-0.1, -0.05) is 37.3 Å². The molecule has 0 radical (unpaired) electrons. The topological polar surface area (TPSA) is 77.5 Å². The second kappa shape index (κ2) is 8.70. The molecule has 0 spiro atoms. The Morgan fingerprint density at radius 1 is 1.18 bits per heavy atom. The van der Waals surface area contributed by atoms with E-state index in [1.54, 1.807) is 13.8 Å². The predicted octanol–water partition coefficient (Wildman–Crippen LogP) is 3.92. The van der Waals surface area contributed by atoms with Gasteiger partial charge < -0.3 is 14.8 Å². The van der Waals surface area contributed by atoms with Crippen molar-refractivity contribution in [3.8, 4) is 0 Å². The number of hydrogen-bond donors (Lipinski definition) is 1. The van der Waals surface area contributed by atoms with Gasteiger partial charge in [0.15, 0.2) is 5.69 Å². The fourth-order valence-electron chi connectivity index (χ4n) is 2.55. The summed E-state index contributed by atoms with van der Waals surface area (Å²) in [6, 6.07) is 6.55. The van der Waals surface area contributed by atoms with E-state index in [9.17, 15) is 22.8 Å². The highest BCUT2D eigenvalue weighted by atomic mass is 32.1. The first kappa shape index (κ1) is 21.8. The van der Waals surface area contributed by atoms with Gasteiger partial charge in [-0.05, 0) is 13.3 Å². The minimum Gasteiger partial charge on any atom is -0.461 e. The average molecular weight is 416 g/mol. The Balaban J connectivity index is 2.51. The summed E-state index contributed by atoms with van der Waals surface area (Å²) < 4.78 is 51.5. The van der Waals surface area contributed by atoms with Gasteiger partial charge in [0.1, 0.15) is 5.00 Å². The third-order valence-electron chi connectivity index (χ3n) is 3.88. The number of amides is 1. The van der Waals surface area contributed by atoms with Crippen molar-refractivity contribution in [1.82, 2.24) is 4.98 Å². The first-order chi connectivity index (χ1) is 13.2. The van der Waals surface area contributed by atoms with Crippen LogP contribution in [0.15, 0.2) is 30.3 Å². The van der Waals surface area contributed by atoms with Gasteiger partial charge in [-0.25, -0.2) is 9.78 Å². The van der Waals surface area contributed by atoms with Gasteiger partial charge in [-0.3, -0.25) is 4.79 Å². The third-order valence-corrected chi connectivity index (χ3v) is 4.99. The number of aryl methyl sites for hydroxylation is 1. The van der Waals surface area contributed by atoms with Crippen molar-refractivity contribution >= 4 is 28.2 Å². The summed E-state index contributed by atoms with van der Waals surface area (Å²) in [6.45, 7) is 3.40. The maximum atomic E-state index is 14.0. The first-order valence-electron chi connectivity index (χ1n) is 8.36. The van der Waals surface area contributed by atoms with Crippen LogP contribution in [0.5, 0.6) is 0 Å². The van der Waals surface area contributed by atoms with Crippen molar-refractivity contribution in [2.75, 3.05) is 19.0 Å². The van der Waals surface area contributed by atoms with Crippen LogP contribution >= 0.6 is 11.3 Å². The molecule has 2 aromatic rings. The average Bonchev–Trinajstić information content (AvgIpc) is 3.05. The lowest BCUT2D eigenvalue weighted by atomic mass is 9.91. The fourth-order valence-corrected chi connectivity index (χ4v) is 3.44. The van der Waals surface area contributed by atoms with Gasteiger partial charge in [-0.2, -0.15) is 13.2 Å². The third kappa shape index (κ3) is 4.02. The molecule has 1 unspecified atom stereocenters. The first-order valence-corrected chi connectivity index (χ1v) is 9.18. The number of hydrogen-bond acceptors (Lipinski definition) is 6. The predicted molar refractivity (Wildman–Crippen MR) is 97.3 cm³/mol. The highest BCUT2D eigenvalue weighted by Gasteiger charge is 2.62. The molecule has 1 aromatic heterocycles. The summed E-state index contributed by atoms with van der Waals surface area (Å²) >= 11 is 0.908. The Hall–Kier alpha value is -2.46. The van der Waals surface area contributed by atoms with E-state index >= 15 is 0 Å². The number of ether oxygens (including phenoxy) is 2. The monoisotopic (exact) mass is 416 g/mol. The van der Waals surface area contributed by atoms with E-state index in [4.69, 9.17) is 9.47 Å². The number of halogens is 3. The summed E-state index contributed by atoms with van der Waals surface area (Å²) in [5, 5.41) is 2.52. The van der Waals surface area contributed by atoms with Crippen LogP contribution < -0.4 is 5.32 Å². The fraction of sp³-hybridized carbons (Fsp3) is 0.389. The molecule has 6 nitrogen and oxygen atoms in total. The summed E-state index contributed by atoms with van der Waals surface area (Å²) in [5.74, 6) is -2.31. The molecule has 1 aromatic carbocycles. The second-order valence-electron chi connectivity index (χ2n) is 5.56. The molecular weight excluding hydrogens is 397 g/mol. The van der Waals surface area contributed by atoms with Crippen molar-refractivity contribution in [3.05, 3.63) is 46.6 Å². The number of nitrogens with one attached hydrogen (secondary N) is 1. The zero-order chi connectivity index (χ0) is 20.9.